The lowest BCUT2D eigenvalue weighted by atomic mass is 10.1. The summed E-state index contributed by atoms with van der Waals surface area (Å²) in [5.74, 6) is 0.748. The van der Waals surface area contributed by atoms with E-state index in [1.54, 1.807) is 13.2 Å². The quantitative estimate of drug-likeness (QED) is 0.827. The monoisotopic (exact) mass is 246 g/mol. The maximum absolute atomic E-state index is 9.08. The van der Waals surface area contributed by atoms with E-state index in [-0.39, 0.29) is 6.61 Å². The molecule has 0 atom stereocenters. The number of benzene rings is 1. The first-order valence-corrected chi connectivity index (χ1v) is 6.20. The van der Waals surface area contributed by atoms with Crippen LogP contribution in [0.1, 0.15) is 24.0 Å². The Labute approximate surface area is 107 Å². The average Bonchev–Trinajstić information content (AvgIpc) is 3.23. The zero-order valence-electron chi connectivity index (χ0n) is 10.6. The van der Waals surface area contributed by atoms with E-state index in [1.807, 2.05) is 12.1 Å². The van der Waals surface area contributed by atoms with Crippen molar-refractivity contribution in [3.63, 3.8) is 0 Å². The number of aliphatic hydroxyl groups is 1. The van der Waals surface area contributed by atoms with Gasteiger partial charge < -0.3 is 9.84 Å². The van der Waals surface area contributed by atoms with Gasteiger partial charge in [0.15, 0.2) is 0 Å². The summed E-state index contributed by atoms with van der Waals surface area (Å²) in [5.41, 5.74) is 1.67. The molecule has 1 aliphatic carbocycles. The van der Waals surface area contributed by atoms with Gasteiger partial charge in [0.05, 0.1) is 25.3 Å². The molecule has 1 aliphatic rings. The van der Waals surface area contributed by atoms with Crippen LogP contribution in [0.2, 0.25) is 0 Å². The van der Waals surface area contributed by atoms with Crippen molar-refractivity contribution in [3.05, 3.63) is 29.3 Å². The predicted octanol–water partition coefficient (Wildman–Crippen LogP) is 1.52. The summed E-state index contributed by atoms with van der Waals surface area (Å²) in [6.45, 7) is 1.63. The van der Waals surface area contributed by atoms with Crippen molar-refractivity contribution in [3.8, 4) is 11.8 Å². The van der Waals surface area contributed by atoms with E-state index in [0.717, 1.165) is 17.9 Å². The van der Waals surface area contributed by atoms with Gasteiger partial charge in [-0.15, -0.1) is 0 Å². The summed E-state index contributed by atoms with van der Waals surface area (Å²) in [7, 11) is 1.62. The van der Waals surface area contributed by atoms with Gasteiger partial charge in [0, 0.05) is 24.7 Å². The SMILES string of the molecule is COc1cc(C#N)ccc1CN(CCO)C1CC1. The third kappa shape index (κ3) is 3.00. The van der Waals surface area contributed by atoms with Crippen LogP contribution in [0, 0.1) is 11.3 Å². The number of ether oxygens (including phenoxy) is 1. The van der Waals surface area contributed by atoms with Crippen molar-refractivity contribution in [2.75, 3.05) is 20.3 Å². The molecule has 1 saturated carbocycles. The normalized spacial score (nSPS) is 14.6. The zero-order chi connectivity index (χ0) is 13.0. The van der Waals surface area contributed by atoms with Crippen molar-refractivity contribution in [2.24, 2.45) is 0 Å². The topological polar surface area (TPSA) is 56.5 Å². The molecular formula is C14H18N2O2. The molecule has 1 fully saturated rings. The van der Waals surface area contributed by atoms with Crippen molar-refractivity contribution in [2.45, 2.75) is 25.4 Å². The second kappa shape index (κ2) is 5.85. The third-order valence-corrected chi connectivity index (χ3v) is 3.24. The van der Waals surface area contributed by atoms with Crippen molar-refractivity contribution in [1.29, 1.82) is 5.26 Å². The molecule has 1 N–H and O–H groups in total. The van der Waals surface area contributed by atoms with E-state index in [0.29, 0.717) is 18.2 Å². The Morgan fingerprint density at radius 1 is 1.50 bits per heavy atom. The molecule has 2 rings (SSSR count). The lowest BCUT2D eigenvalue weighted by Gasteiger charge is -2.22. The number of hydrogen-bond donors (Lipinski definition) is 1. The lowest BCUT2D eigenvalue weighted by Crippen LogP contribution is -2.28. The fraction of sp³-hybridized carbons (Fsp3) is 0.500. The summed E-state index contributed by atoms with van der Waals surface area (Å²) in [6, 6.07) is 8.21. The fourth-order valence-corrected chi connectivity index (χ4v) is 2.12. The van der Waals surface area contributed by atoms with Crippen LogP contribution in [0.4, 0.5) is 0 Å². The van der Waals surface area contributed by atoms with E-state index >= 15 is 0 Å². The molecular weight excluding hydrogens is 228 g/mol. The van der Waals surface area contributed by atoms with Crippen molar-refractivity contribution >= 4 is 0 Å². The van der Waals surface area contributed by atoms with Gasteiger partial charge in [-0.05, 0) is 25.0 Å². The Morgan fingerprint density at radius 2 is 2.28 bits per heavy atom. The highest BCUT2D eigenvalue weighted by Crippen LogP contribution is 2.30. The van der Waals surface area contributed by atoms with Gasteiger partial charge in [-0.2, -0.15) is 5.26 Å². The van der Waals surface area contributed by atoms with E-state index in [1.165, 1.54) is 12.8 Å². The molecule has 4 nitrogen and oxygen atoms in total. The molecule has 0 spiro atoms. The first kappa shape index (κ1) is 12.9. The summed E-state index contributed by atoms with van der Waals surface area (Å²) in [5, 5.41) is 17.9. The summed E-state index contributed by atoms with van der Waals surface area (Å²) in [6.07, 6.45) is 2.41. The minimum atomic E-state index is 0.176. The molecule has 18 heavy (non-hydrogen) atoms. The summed E-state index contributed by atoms with van der Waals surface area (Å²) in [4.78, 5) is 2.27. The zero-order valence-corrected chi connectivity index (χ0v) is 10.6. The molecule has 0 amide bonds. The highest BCUT2D eigenvalue weighted by atomic mass is 16.5. The molecule has 0 radical (unpaired) electrons. The van der Waals surface area contributed by atoms with E-state index in [2.05, 4.69) is 11.0 Å². The summed E-state index contributed by atoms with van der Waals surface area (Å²) >= 11 is 0. The molecule has 0 aliphatic heterocycles. The van der Waals surface area contributed by atoms with Gasteiger partial charge in [0.25, 0.3) is 0 Å². The molecule has 0 saturated heterocycles. The summed E-state index contributed by atoms with van der Waals surface area (Å²) < 4.78 is 5.33. The van der Waals surface area contributed by atoms with Crippen molar-refractivity contribution in [1.82, 2.24) is 4.90 Å². The predicted molar refractivity (Wildman–Crippen MR) is 68.2 cm³/mol. The molecule has 0 bridgehead atoms. The standard InChI is InChI=1S/C14H18N2O2/c1-18-14-8-11(9-15)2-3-12(14)10-16(6-7-17)13-4-5-13/h2-3,8,13,17H,4-7,10H2,1H3. The van der Waals surface area contributed by atoms with Crippen LogP contribution in [0.15, 0.2) is 18.2 Å². The van der Waals surface area contributed by atoms with Crippen LogP contribution < -0.4 is 4.74 Å². The Kier molecular flexibility index (Phi) is 4.19. The van der Waals surface area contributed by atoms with Crippen molar-refractivity contribution < 1.29 is 9.84 Å². The number of aliphatic hydroxyl groups excluding tert-OH is 1. The molecule has 1 aromatic rings. The molecule has 96 valence electrons. The molecule has 4 heteroatoms. The second-order valence-corrected chi connectivity index (χ2v) is 4.56. The molecule has 0 heterocycles. The van der Waals surface area contributed by atoms with Gasteiger partial charge in [-0.25, -0.2) is 0 Å². The maximum Gasteiger partial charge on any atom is 0.124 e. The number of methoxy groups -OCH3 is 1. The Balaban J connectivity index is 2.14. The van der Waals surface area contributed by atoms with E-state index in [4.69, 9.17) is 15.1 Å². The number of rotatable bonds is 6. The van der Waals surface area contributed by atoms with Gasteiger partial charge in [-0.1, -0.05) is 6.07 Å². The number of nitrogens with zero attached hydrogens (tertiary/aromatic N) is 2. The smallest absolute Gasteiger partial charge is 0.124 e. The van der Waals surface area contributed by atoms with Crippen LogP contribution in [-0.4, -0.2) is 36.3 Å². The second-order valence-electron chi connectivity index (χ2n) is 4.56. The van der Waals surface area contributed by atoms with Crippen LogP contribution in [-0.2, 0) is 6.54 Å². The van der Waals surface area contributed by atoms with Crippen LogP contribution in [0.25, 0.3) is 0 Å². The van der Waals surface area contributed by atoms with Gasteiger partial charge in [0.1, 0.15) is 5.75 Å². The highest BCUT2D eigenvalue weighted by molar-refractivity contribution is 5.42. The molecule has 1 aromatic carbocycles. The van der Waals surface area contributed by atoms with Crippen LogP contribution in [0.5, 0.6) is 5.75 Å². The maximum atomic E-state index is 9.08. The van der Waals surface area contributed by atoms with E-state index < -0.39 is 0 Å². The molecule has 0 aromatic heterocycles. The Bertz CT molecular complexity index is 450. The Morgan fingerprint density at radius 3 is 2.83 bits per heavy atom. The minimum absolute atomic E-state index is 0.176. The van der Waals surface area contributed by atoms with E-state index in [9.17, 15) is 0 Å². The van der Waals surface area contributed by atoms with Gasteiger partial charge >= 0.3 is 0 Å². The van der Waals surface area contributed by atoms with Gasteiger partial charge in [-0.3, -0.25) is 4.90 Å². The molecule has 0 unspecified atom stereocenters. The van der Waals surface area contributed by atoms with Crippen LogP contribution >= 0.6 is 0 Å². The largest absolute Gasteiger partial charge is 0.496 e. The first-order chi connectivity index (χ1) is 8.78. The Hall–Kier alpha value is -1.57. The fourth-order valence-electron chi connectivity index (χ4n) is 2.12. The lowest BCUT2D eigenvalue weighted by molar-refractivity contribution is 0.182. The number of nitriles is 1. The van der Waals surface area contributed by atoms with Crippen LogP contribution in [0.3, 0.4) is 0 Å². The van der Waals surface area contributed by atoms with Gasteiger partial charge in [0.2, 0.25) is 0 Å². The first-order valence-electron chi connectivity index (χ1n) is 6.20. The minimum Gasteiger partial charge on any atom is -0.496 e. The number of hydrogen-bond acceptors (Lipinski definition) is 4. The third-order valence-electron chi connectivity index (χ3n) is 3.24. The average molecular weight is 246 g/mol. The highest BCUT2D eigenvalue weighted by Gasteiger charge is 2.28.